The number of alkyl halides is 1. The number of nitrogens with zero attached hydrogens (tertiary/aromatic N) is 1. The van der Waals surface area contributed by atoms with E-state index >= 15 is 0 Å². The van der Waals surface area contributed by atoms with Crippen LogP contribution in [0.3, 0.4) is 0 Å². The molecule has 0 aliphatic heterocycles. The number of benzene rings is 1. The predicted molar refractivity (Wildman–Crippen MR) is 79.6 cm³/mol. The Kier molecular flexibility index (Phi) is 3.29. The van der Waals surface area contributed by atoms with Crippen LogP contribution in [0.15, 0.2) is 27.4 Å². The summed E-state index contributed by atoms with van der Waals surface area (Å²) in [4.78, 5) is 11.9. The molecule has 1 aliphatic carbocycles. The van der Waals surface area contributed by atoms with Crippen molar-refractivity contribution in [3.63, 3.8) is 0 Å². The van der Waals surface area contributed by atoms with Crippen LogP contribution in [-0.4, -0.2) is 4.57 Å². The Morgan fingerprint density at radius 1 is 1.42 bits per heavy atom. The second-order valence-corrected chi connectivity index (χ2v) is 6.61. The van der Waals surface area contributed by atoms with Gasteiger partial charge in [-0.15, -0.1) is 0 Å². The molecule has 3 rings (SSSR count). The summed E-state index contributed by atoms with van der Waals surface area (Å²) >= 11 is 3.84. The fourth-order valence-electron chi connectivity index (χ4n) is 3.18. The summed E-state index contributed by atoms with van der Waals surface area (Å²) in [6.07, 6.45) is 3.90. The quantitative estimate of drug-likeness (QED) is 0.783. The molecule has 1 heterocycles. The second kappa shape index (κ2) is 4.82. The molecule has 1 saturated carbocycles. The molecule has 0 radical (unpaired) electrons. The van der Waals surface area contributed by atoms with Crippen molar-refractivity contribution < 1.29 is 4.42 Å². The highest BCUT2D eigenvalue weighted by Crippen LogP contribution is 2.44. The highest BCUT2D eigenvalue weighted by atomic mass is 79.9. The molecule has 3 unspecified atom stereocenters. The van der Waals surface area contributed by atoms with E-state index in [2.05, 4.69) is 28.9 Å². The molecule has 3 atom stereocenters. The summed E-state index contributed by atoms with van der Waals surface area (Å²) < 4.78 is 6.81. The van der Waals surface area contributed by atoms with E-state index in [1.54, 1.807) is 11.6 Å². The first-order valence-corrected chi connectivity index (χ1v) is 7.73. The monoisotopic (exact) mass is 323 g/mol. The first-order valence-electron chi connectivity index (χ1n) is 6.81. The summed E-state index contributed by atoms with van der Waals surface area (Å²) in [5.74, 6) is 1.13. The minimum absolute atomic E-state index is 0.299. The van der Waals surface area contributed by atoms with Gasteiger partial charge in [-0.25, -0.2) is 4.79 Å². The molecule has 2 aromatic rings. The van der Waals surface area contributed by atoms with Crippen LogP contribution >= 0.6 is 15.9 Å². The van der Waals surface area contributed by atoms with E-state index in [9.17, 15) is 4.79 Å². The van der Waals surface area contributed by atoms with Gasteiger partial charge in [0.15, 0.2) is 5.58 Å². The Labute approximate surface area is 120 Å². The van der Waals surface area contributed by atoms with Crippen LogP contribution in [-0.2, 0) is 7.05 Å². The Bertz CT molecular complexity index is 658. The summed E-state index contributed by atoms with van der Waals surface area (Å²) in [5, 5.41) is 0. The van der Waals surface area contributed by atoms with Gasteiger partial charge >= 0.3 is 5.76 Å². The van der Waals surface area contributed by atoms with Crippen molar-refractivity contribution in [2.24, 2.45) is 18.9 Å². The molecule has 1 aliphatic rings. The fraction of sp³-hybridized carbons (Fsp3) is 0.533. The number of aromatic nitrogens is 1. The van der Waals surface area contributed by atoms with E-state index in [-0.39, 0.29) is 5.76 Å². The third kappa shape index (κ3) is 2.16. The molecule has 19 heavy (non-hydrogen) atoms. The topological polar surface area (TPSA) is 35.1 Å². The lowest BCUT2D eigenvalue weighted by Crippen LogP contribution is -2.10. The van der Waals surface area contributed by atoms with Gasteiger partial charge in [0.1, 0.15) is 0 Å². The van der Waals surface area contributed by atoms with Crippen LogP contribution in [0.2, 0.25) is 0 Å². The number of rotatable bonds is 2. The standard InChI is InChI=1S/C15H18BrNO2/c1-9-4-3-5-11(9)14(16)10-6-7-12-13(8-10)19-15(18)17(12)2/h6-9,11,14H,3-5H2,1-2H3. The Hall–Kier alpha value is -1.03. The third-order valence-corrected chi connectivity index (χ3v) is 5.65. The van der Waals surface area contributed by atoms with Gasteiger partial charge in [0.05, 0.1) is 5.52 Å². The van der Waals surface area contributed by atoms with Crippen LogP contribution in [0.5, 0.6) is 0 Å². The molecule has 4 heteroatoms. The van der Waals surface area contributed by atoms with Crippen LogP contribution in [0.4, 0.5) is 0 Å². The molecule has 0 bridgehead atoms. The summed E-state index contributed by atoms with van der Waals surface area (Å²) in [5.41, 5.74) is 2.74. The van der Waals surface area contributed by atoms with Crippen LogP contribution in [0.1, 0.15) is 36.6 Å². The molecule has 0 amide bonds. The number of hydrogen-bond acceptors (Lipinski definition) is 2. The van der Waals surface area contributed by atoms with Crippen molar-refractivity contribution in [2.75, 3.05) is 0 Å². The maximum absolute atomic E-state index is 11.5. The molecule has 0 saturated heterocycles. The Balaban J connectivity index is 1.99. The largest absolute Gasteiger partial charge is 0.419 e. The van der Waals surface area contributed by atoms with Gasteiger partial charge < -0.3 is 4.42 Å². The van der Waals surface area contributed by atoms with E-state index in [1.165, 1.54) is 24.8 Å². The maximum Gasteiger partial charge on any atom is 0.419 e. The van der Waals surface area contributed by atoms with Gasteiger partial charge in [0.25, 0.3) is 0 Å². The second-order valence-electron chi connectivity index (χ2n) is 5.63. The van der Waals surface area contributed by atoms with Crippen molar-refractivity contribution in [3.05, 3.63) is 34.3 Å². The first kappa shape index (κ1) is 13.0. The average Bonchev–Trinajstić information content (AvgIpc) is 2.93. The number of aryl methyl sites for hydroxylation is 1. The molecule has 1 aromatic heterocycles. The van der Waals surface area contributed by atoms with Crippen LogP contribution in [0, 0.1) is 11.8 Å². The zero-order valence-corrected chi connectivity index (χ0v) is 12.8. The number of hydrogen-bond donors (Lipinski definition) is 0. The third-order valence-electron chi connectivity index (χ3n) is 4.44. The van der Waals surface area contributed by atoms with Gasteiger partial charge in [-0.05, 0) is 36.0 Å². The number of oxazole rings is 1. The summed E-state index contributed by atoms with van der Waals surface area (Å²) in [6, 6.07) is 6.08. The van der Waals surface area contributed by atoms with E-state index in [4.69, 9.17) is 4.42 Å². The molecular weight excluding hydrogens is 306 g/mol. The van der Waals surface area contributed by atoms with Crippen molar-refractivity contribution in [2.45, 2.75) is 31.0 Å². The fourth-order valence-corrected chi connectivity index (χ4v) is 4.25. The van der Waals surface area contributed by atoms with Gasteiger partial charge in [-0.3, -0.25) is 4.57 Å². The molecule has 1 aromatic carbocycles. The number of halogens is 1. The summed E-state index contributed by atoms with van der Waals surface area (Å²) in [7, 11) is 1.73. The number of fused-ring (bicyclic) bond motifs is 1. The normalized spacial score (nSPS) is 25.0. The lowest BCUT2D eigenvalue weighted by Gasteiger charge is -2.22. The van der Waals surface area contributed by atoms with Crippen molar-refractivity contribution in [1.29, 1.82) is 0 Å². The van der Waals surface area contributed by atoms with Crippen LogP contribution < -0.4 is 5.76 Å². The highest BCUT2D eigenvalue weighted by Gasteiger charge is 2.30. The molecular formula is C15H18BrNO2. The highest BCUT2D eigenvalue weighted by molar-refractivity contribution is 9.09. The average molecular weight is 324 g/mol. The van der Waals surface area contributed by atoms with Gasteiger partial charge in [-0.2, -0.15) is 0 Å². The van der Waals surface area contributed by atoms with E-state index < -0.39 is 0 Å². The first-order chi connectivity index (χ1) is 9.08. The predicted octanol–water partition coefficient (Wildman–Crippen LogP) is 4.00. The van der Waals surface area contributed by atoms with E-state index in [0.29, 0.717) is 16.3 Å². The smallest absolute Gasteiger partial charge is 0.408 e. The van der Waals surface area contributed by atoms with Gasteiger partial charge in [-0.1, -0.05) is 41.8 Å². The SMILES string of the molecule is CC1CCCC1C(Br)c1ccc2c(c1)oc(=O)n2C. The molecule has 3 nitrogen and oxygen atoms in total. The maximum atomic E-state index is 11.5. The van der Waals surface area contributed by atoms with Crippen molar-refractivity contribution in [1.82, 2.24) is 4.57 Å². The van der Waals surface area contributed by atoms with Gasteiger partial charge in [0, 0.05) is 11.9 Å². The van der Waals surface area contributed by atoms with E-state index in [0.717, 1.165) is 11.4 Å². The molecule has 0 spiro atoms. The molecule has 102 valence electrons. The lowest BCUT2D eigenvalue weighted by atomic mass is 9.91. The van der Waals surface area contributed by atoms with Crippen LogP contribution in [0.25, 0.3) is 11.1 Å². The van der Waals surface area contributed by atoms with E-state index in [1.807, 2.05) is 12.1 Å². The van der Waals surface area contributed by atoms with Crippen molar-refractivity contribution >= 4 is 27.0 Å². The molecule has 1 fully saturated rings. The Morgan fingerprint density at radius 2 is 2.21 bits per heavy atom. The zero-order chi connectivity index (χ0) is 13.6. The Morgan fingerprint density at radius 3 is 2.89 bits per heavy atom. The zero-order valence-electron chi connectivity index (χ0n) is 11.2. The summed E-state index contributed by atoms with van der Waals surface area (Å²) in [6.45, 7) is 2.33. The lowest BCUT2D eigenvalue weighted by molar-refractivity contribution is 0.414. The van der Waals surface area contributed by atoms with Crippen molar-refractivity contribution in [3.8, 4) is 0 Å². The minimum atomic E-state index is -0.299. The van der Waals surface area contributed by atoms with Gasteiger partial charge in [0.2, 0.25) is 0 Å². The minimum Gasteiger partial charge on any atom is -0.408 e. The molecule has 0 N–H and O–H groups in total.